The number of aromatic nitrogens is 1. The van der Waals surface area contributed by atoms with E-state index >= 15 is 0 Å². The number of hydrogen-bond acceptors (Lipinski definition) is 3. The van der Waals surface area contributed by atoms with Crippen LogP contribution in [0, 0.1) is 0 Å². The van der Waals surface area contributed by atoms with Crippen LogP contribution < -0.4 is 5.73 Å². The summed E-state index contributed by atoms with van der Waals surface area (Å²) in [5, 5.41) is 2.57. The number of nitrogen functional groups attached to an aromatic ring is 1. The summed E-state index contributed by atoms with van der Waals surface area (Å²) in [6.07, 6.45) is 10.0. The van der Waals surface area contributed by atoms with Crippen molar-refractivity contribution in [1.82, 2.24) is 4.98 Å². The molecule has 0 radical (unpaired) electrons. The maximum Gasteiger partial charge on any atom is 0.180 e. The lowest BCUT2D eigenvalue weighted by molar-refractivity contribution is 1.37. The summed E-state index contributed by atoms with van der Waals surface area (Å²) in [6.45, 7) is 3.97. The van der Waals surface area contributed by atoms with E-state index in [4.69, 9.17) is 5.73 Å². The zero-order valence-electron chi connectivity index (χ0n) is 8.40. The van der Waals surface area contributed by atoms with Crippen LogP contribution in [-0.4, -0.2) is 4.98 Å². The van der Waals surface area contributed by atoms with E-state index in [1.54, 1.807) is 0 Å². The Balaban J connectivity index is 2.99. The standard InChI is InChI=1S/C11H14N2S/c1-3-5-7-9(6-4-2)10-8-14-11(12)13-10/h3-8H,1-2H3,(H2,12,13). The maximum absolute atomic E-state index is 5.58. The van der Waals surface area contributed by atoms with Crippen LogP contribution in [0.25, 0.3) is 5.57 Å². The molecule has 2 nitrogen and oxygen atoms in total. The third-order valence-electron chi connectivity index (χ3n) is 1.63. The Labute approximate surface area is 88.5 Å². The third kappa shape index (κ3) is 2.85. The lowest BCUT2D eigenvalue weighted by Crippen LogP contribution is -1.84. The Morgan fingerprint density at radius 1 is 1.43 bits per heavy atom. The number of nitrogens with two attached hydrogens (primary N) is 1. The number of rotatable bonds is 3. The first kappa shape index (κ1) is 10.7. The molecule has 0 atom stereocenters. The Bertz CT molecular complexity index is 372. The number of allylic oxidation sites excluding steroid dienone is 6. The van der Waals surface area contributed by atoms with Crippen LogP contribution in [0.5, 0.6) is 0 Å². The molecule has 0 amide bonds. The van der Waals surface area contributed by atoms with E-state index in [9.17, 15) is 0 Å². The van der Waals surface area contributed by atoms with Crippen molar-refractivity contribution in [2.45, 2.75) is 13.8 Å². The van der Waals surface area contributed by atoms with E-state index in [1.807, 2.05) is 49.6 Å². The molecule has 0 spiro atoms. The molecule has 3 heteroatoms. The molecule has 1 rings (SSSR count). The summed E-state index contributed by atoms with van der Waals surface area (Å²) in [4.78, 5) is 4.23. The molecular formula is C11H14N2S. The van der Waals surface area contributed by atoms with Gasteiger partial charge in [-0.25, -0.2) is 4.98 Å². The molecular weight excluding hydrogens is 192 g/mol. The number of thiazole rings is 1. The van der Waals surface area contributed by atoms with Gasteiger partial charge in [-0.1, -0.05) is 30.4 Å². The zero-order chi connectivity index (χ0) is 10.4. The molecule has 0 bridgehead atoms. The highest BCUT2D eigenvalue weighted by atomic mass is 32.1. The fourth-order valence-electron chi connectivity index (χ4n) is 1.03. The molecule has 0 aliphatic rings. The second kappa shape index (κ2) is 5.40. The minimum atomic E-state index is 0.607. The molecule has 2 N–H and O–H groups in total. The van der Waals surface area contributed by atoms with Crippen molar-refractivity contribution >= 4 is 22.0 Å². The van der Waals surface area contributed by atoms with Gasteiger partial charge in [-0.15, -0.1) is 11.3 Å². The van der Waals surface area contributed by atoms with Gasteiger partial charge in [0.25, 0.3) is 0 Å². The molecule has 0 aromatic carbocycles. The van der Waals surface area contributed by atoms with Gasteiger partial charge in [0.15, 0.2) is 5.13 Å². The first-order valence-electron chi connectivity index (χ1n) is 4.45. The van der Waals surface area contributed by atoms with Gasteiger partial charge >= 0.3 is 0 Å². The molecule has 0 saturated heterocycles. The van der Waals surface area contributed by atoms with Crippen LogP contribution >= 0.6 is 11.3 Å². The van der Waals surface area contributed by atoms with Gasteiger partial charge in [-0.05, 0) is 13.8 Å². The van der Waals surface area contributed by atoms with Crippen LogP contribution in [0.3, 0.4) is 0 Å². The van der Waals surface area contributed by atoms with E-state index in [0.29, 0.717) is 5.13 Å². The van der Waals surface area contributed by atoms with Crippen molar-refractivity contribution in [3.05, 3.63) is 41.5 Å². The van der Waals surface area contributed by atoms with E-state index in [0.717, 1.165) is 11.3 Å². The van der Waals surface area contributed by atoms with Crippen LogP contribution in [0.1, 0.15) is 19.5 Å². The summed E-state index contributed by atoms with van der Waals surface area (Å²) in [7, 11) is 0. The van der Waals surface area contributed by atoms with Gasteiger partial charge in [0.2, 0.25) is 0 Å². The predicted octanol–water partition coefficient (Wildman–Crippen LogP) is 3.26. The van der Waals surface area contributed by atoms with Crippen LogP contribution in [0.4, 0.5) is 5.13 Å². The van der Waals surface area contributed by atoms with Crippen molar-refractivity contribution in [1.29, 1.82) is 0 Å². The first-order valence-corrected chi connectivity index (χ1v) is 5.33. The largest absolute Gasteiger partial charge is 0.375 e. The van der Waals surface area contributed by atoms with E-state index in [1.165, 1.54) is 11.3 Å². The highest BCUT2D eigenvalue weighted by molar-refractivity contribution is 7.13. The third-order valence-corrected chi connectivity index (χ3v) is 2.31. The lowest BCUT2D eigenvalue weighted by Gasteiger charge is -1.94. The van der Waals surface area contributed by atoms with Crippen molar-refractivity contribution in [2.24, 2.45) is 0 Å². The van der Waals surface area contributed by atoms with Gasteiger partial charge < -0.3 is 5.73 Å². The van der Waals surface area contributed by atoms with Gasteiger partial charge in [0.1, 0.15) is 0 Å². The Hall–Kier alpha value is -1.35. The van der Waals surface area contributed by atoms with Crippen LogP contribution in [0.2, 0.25) is 0 Å². The number of nitrogens with zero attached hydrogens (tertiary/aromatic N) is 1. The topological polar surface area (TPSA) is 38.9 Å². The first-order chi connectivity index (χ1) is 6.77. The Morgan fingerprint density at radius 2 is 2.21 bits per heavy atom. The average molecular weight is 206 g/mol. The van der Waals surface area contributed by atoms with Gasteiger partial charge in [-0.2, -0.15) is 0 Å². The molecule has 0 aliphatic carbocycles. The molecule has 14 heavy (non-hydrogen) atoms. The van der Waals surface area contributed by atoms with Crippen LogP contribution in [-0.2, 0) is 0 Å². The molecule has 1 aromatic rings. The van der Waals surface area contributed by atoms with Crippen LogP contribution in [0.15, 0.2) is 35.8 Å². The molecule has 0 fully saturated rings. The summed E-state index contributed by atoms with van der Waals surface area (Å²) in [6, 6.07) is 0. The Kier molecular flexibility index (Phi) is 4.13. The van der Waals surface area contributed by atoms with E-state index < -0.39 is 0 Å². The maximum atomic E-state index is 5.58. The summed E-state index contributed by atoms with van der Waals surface area (Å²) >= 11 is 1.46. The van der Waals surface area contributed by atoms with Crippen molar-refractivity contribution < 1.29 is 0 Å². The number of hydrogen-bond donors (Lipinski definition) is 1. The van der Waals surface area contributed by atoms with Crippen molar-refractivity contribution in [2.75, 3.05) is 5.73 Å². The number of anilines is 1. The van der Waals surface area contributed by atoms with E-state index in [-0.39, 0.29) is 0 Å². The fraction of sp³-hybridized carbons (Fsp3) is 0.182. The SMILES string of the molecule is CC=CC=C(C=CC)c1csc(N)n1. The molecule has 1 aromatic heterocycles. The molecule has 0 aliphatic heterocycles. The quantitative estimate of drug-likeness (QED) is 0.771. The normalized spacial score (nSPS) is 13.1. The monoisotopic (exact) mass is 206 g/mol. The molecule has 0 unspecified atom stereocenters. The van der Waals surface area contributed by atoms with Crippen molar-refractivity contribution in [3.63, 3.8) is 0 Å². The van der Waals surface area contributed by atoms with Gasteiger partial charge in [0, 0.05) is 11.0 Å². The predicted molar refractivity (Wildman–Crippen MR) is 64.1 cm³/mol. The lowest BCUT2D eigenvalue weighted by atomic mass is 10.2. The summed E-state index contributed by atoms with van der Waals surface area (Å²) in [5.74, 6) is 0. The fourth-order valence-corrected chi connectivity index (χ4v) is 1.60. The molecule has 0 saturated carbocycles. The summed E-state index contributed by atoms with van der Waals surface area (Å²) in [5.41, 5.74) is 7.60. The second-order valence-electron chi connectivity index (χ2n) is 2.72. The highest BCUT2D eigenvalue weighted by Crippen LogP contribution is 2.20. The van der Waals surface area contributed by atoms with Gasteiger partial charge in [-0.3, -0.25) is 0 Å². The smallest absolute Gasteiger partial charge is 0.180 e. The van der Waals surface area contributed by atoms with Crippen molar-refractivity contribution in [3.8, 4) is 0 Å². The minimum absolute atomic E-state index is 0.607. The Morgan fingerprint density at radius 3 is 2.71 bits per heavy atom. The zero-order valence-corrected chi connectivity index (χ0v) is 9.21. The minimum Gasteiger partial charge on any atom is -0.375 e. The summed E-state index contributed by atoms with van der Waals surface area (Å²) < 4.78 is 0. The van der Waals surface area contributed by atoms with Gasteiger partial charge in [0.05, 0.1) is 5.69 Å². The highest BCUT2D eigenvalue weighted by Gasteiger charge is 2.00. The second-order valence-corrected chi connectivity index (χ2v) is 3.61. The average Bonchev–Trinajstić information content (AvgIpc) is 2.59. The molecule has 1 heterocycles. The van der Waals surface area contributed by atoms with E-state index in [2.05, 4.69) is 4.98 Å². The molecule has 74 valence electrons.